The number of halogens is 1. The zero-order valence-electron chi connectivity index (χ0n) is 16.9. The minimum absolute atomic E-state index is 0.451. The quantitative estimate of drug-likeness (QED) is 0.383. The summed E-state index contributed by atoms with van der Waals surface area (Å²) < 4.78 is 16.7. The van der Waals surface area contributed by atoms with Gasteiger partial charge in [0.2, 0.25) is 5.75 Å². The van der Waals surface area contributed by atoms with Gasteiger partial charge in [-0.15, -0.1) is 11.3 Å². The van der Waals surface area contributed by atoms with Crippen molar-refractivity contribution in [2.24, 2.45) is 0 Å². The maximum Gasteiger partial charge on any atom is 0.203 e. The Kier molecular flexibility index (Phi) is 7.34. The van der Waals surface area contributed by atoms with Crippen molar-refractivity contribution in [3.63, 3.8) is 0 Å². The highest BCUT2D eigenvalue weighted by atomic mass is 35.5. The molecule has 0 saturated heterocycles. The van der Waals surface area contributed by atoms with E-state index in [-0.39, 0.29) is 0 Å². The average molecular weight is 441 g/mol. The van der Waals surface area contributed by atoms with E-state index in [4.69, 9.17) is 25.8 Å². The Bertz CT molecular complexity index is 1060. The van der Waals surface area contributed by atoms with Crippen molar-refractivity contribution in [2.45, 2.75) is 13.3 Å². The van der Waals surface area contributed by atoms with E-state index < -0.39 is 0 Å². The van der Waals surface area contributed by atoms with Crippen molar-refractivity contribution < 1.29 is 14.2 Å². The molecule has 0 atom stereocenters. The van der Waals surface area contributed by atoms with Gasteiger partial charge in [0.15, 0.2) is 11.5 Å². The average Bonchev–Trinajstić information content (AvgIpc) is 3.26. The summed E-state index contributed by atoms with van der Waals surface area (Å²) in [5, 5.41) is 12.9. The van der Waals surface area contributed by atoms with E-state index in [9.17, 15) is 5.26 Å². The maximum atomic E-state index is 9.72. The summed E-state index contributed by atoms with van der Waals surface area (Å²) in [5.74, 6) is 1.65. The van der Waals surface area contributed by atoms with Gasteiger partial charge in [0.05, 0.1) is 32.1 Å². The van der Waals surface area contributed by atoms with Gasteiger partial charge in [0, 0.05) is 16.0 Å². The molecular weight excluding hydrogens is 420 g/mol. The number of nitrogens with zero attached hydrogens (tertiary/aromatic N) is 2. The lowest BCUT2D eigenvalue weighted by Crippen LogP contribution is -2.01. The van der Waals surface area contributed by atoms with Crippen molar-refractivity contribution in [3.05, 3.63) is 57.4 Å². The fourth-order valence-electron chi connectivity index (χ4n) is 2.79. The van der Waals surface area contributed by atoms with Gasteiger partial charge < -0.3 is 14.2 Å². The van der Waals surface area contributed by atoms with Gasteiger partial charge in [-0.2, -0.15) is 5.26 Å². The molecule has 5 nitrogen and oxygen atoms in total. The summed E-state index contributed by atoms with van der Waals surface area (Å²) in [5.41, 5.74) is 2.95. The smallest absolute Gasteiger partial charge is 0.203 e. The second kappa shape index (κ2) is 10.1. The number of aromatic nitrogens is 1. The second-order valence-electron chi connectivity index (χ2n) is 6.32. The number of benzene rings is 2. The molecule has 0 saturated carbocycles. The number of nitriles is 1. The zero-order valence-corrected chi connectivity index (χ0v) is 18.5. The largest absolute Gasteiger partial charge is 0.493 e. The van der Waals surface area contributed by atoms with Crippen LogP contribution in [-0.4, -0.2) is 25.8 Å². The van der Waals surface area contributed by atoms with E-state index in [1.54, 1.807) is 20.3 Å². The number of methoxy groups -OCH3 is 2. The molecule has 7 heteroatoms. The Hall–Kier alpha value is -3.01. The first-order valence-electron chi connectivity index (χ1n) is 9.32. The standard InChI is InChI=1S/C23H21ClN2O3S/c1-4-9-29-22-20(27-2)11-15(12-21(22)28-3)10-17(13-25)23-26-19(14-30-23)16-5-7-18(24)8-6-16/h5-8,10-12,14H,4,9H2,1-3H3/b17-10-. The van der Waals surface area contributed by atoms with Crippen LogP contribution < -0.4 is 14.2 Å². The van der Waals surface area contributed by atoms with E-state index in [2.05, 4.69) is 11.1 Å². The number of hydrogen-bond donors (Lipinski definition) is 0. The number of ether oxygens (including phenoxy) is 3. The molecule has 0 aliphatic carbocycles. The van der Waals surface area contributed by atoms with Gasteiger partial charge in [-0.05, 0) is 42.3 Å². The number of rotatable bonds is 8. The van der Waals surface area contributed by atoms with Crippen LogP contribution in [0.1, 0.15) is 23.9 Å². The highest BCUT2D eigenvalue weighted by Crippen LogP contribution is 2.39. The van der Waals surface area contributed by atoms with Crippen molar-refractivity contribution in [1.29, 1.82) is 5.26 Å². The van der Waals surface area contributed by atoms with Crippen LogP contribution in [0.25, 0.3) is 22.9 Å². The highest BCUT2D eigenvalue weighted by Gasteiger charge is 2.15. The van der Waals surface area contributed by atoms with Gasteiger partial charge in [0.1, 0.15) is 11.1 Å². The van der Waals surface area contributed by atoms with Gasteiger partial charge in [0.25, 0.3) is 0 Å². The molecular formula is C23H21ClN2O3S. The van der Waals surface area contributed by atoms with Crippen LogP contribution in [0, 0.1) is 11.3 Å². The molecule has 0 aliphatic rings. The predicted octanol–water partition coefficient (Wildman–Crippen LogP) is 6.33. The minimum atomic E-state index is 0.451. The summed E-state index contributed by atoms with van der Waals surface area (Å²) in [7, 11) is 3.15. The van der Waals surface area contributed by atoms with E-state index in [1.807, 2.05) is 48.7 Å². The number of hydrogen-bond acceptors (Lipinski definition) is 6. The number of thiazole rings is 1. The van der Waals surface area contributed by atoms with Crippen LogP contribution >= 0.6 is 22.9 Å². The molecule has 1 heterocycles. The maximum absolute atomic E-state index is 9.72. The van der Waals surface area contributed by atoms with Crippen LogP contribution in [-0.2, 0) is 0 Å². The molecule has 0 bridgehead atoms. The van der Waals surface area contributed by atoms with E-state index in [0.717, 1.165) is 23.2 Å². The summed E-state index contributed by atoms with van der Waals surface area (Å²) >= 11 is 7.37. The topological polar surface area (TPSA) is 64.4 Å². The molecule has 0 fully saturated rings. The van der Waals surface area contributed by atoms with Crippen molar-refractivity contribution >= 4 is 34.6 Å². The van der Waals surface area contributed by atoms with E-state index in [1.165, 1.54) is 11.3 Å². The van der Waals surface area contributed by atoms with Gasteiger partial charge in [-0.25, -0.2) is 4.98 Å². The molecule has 2 aromatic carbocycles. The molecule has 0 spiro atoms. The molecule has 0 unspecified atom stereocenters. The fourth-order valence-corrected chi connectivity index (χ4v) is 3.71. The Morgan fingerprint density at radius 3 is 2.40 bits per heavy atom. The molecule has 0 aliphatic heterocycles. The van der Waals surface area contributed by atoms with Crippen LogP contribution in [0.5, 0.6) is 17.2 Å². The third kappa shape index (κ3) is 4.93. The summed E-state index contributed by atoms with van der Waals surface area (Å²) in [4.78, 5) is 4.62. The fraction of sp³-hybridized carbons (Fsp3) is 0.217. The van der Waals surface area contributed by atoms with Crippen molar-refractivity contribution in [1.82, 2.24) is 4.98 Å². The second-order valence-corrected chi connectivity index (χ2v) is 7.61. The lowest BCUT2D eigenvalue weighted by Gasteiger charge is -2.15. The van der Waals surface area contributed by atoms with Crippen LogP contribution in [0.4, 0.5) is 0 Å². The lowest BCUT2D eigenvalue weighted by atomic mass is 10.1. The lowest BCUT2D eigenvalue weighted by molar-refractivity contribution is 0.275. The molecule has 30 heavy (non-hydrogen) atoms. The molecule has 1 aromatic heterocycles. The van der Waals surface area contributed by atoms with Crippen molar-refractivity contribution in [3.8, 4) is 34.6 Å². The molecule has 154 valence electrons. The first-order valence-corrected chi connectivity index (χ1v) is 10.6. The molecule has 3 rings (SSSR count). The monoisotopic (exact) mass is 440 g/mol. The predicted molar refractivity (Wildman–Crippen MR) is 121 cm³/mol. The van der Waals surface area contributed by atoms with Gasteiger partial charge >= 0.3 is 0 Å². The first-order chi connectivity index (χ1) is 14.6. The van der Waals surface area contributed by atoms with Crippen LogP contribution in [0.3, 0.4) is 0 Å². The van der Waals surface area contributed by atoms with Gasteiger partial charge in [-0.1, -0.05) is 30.7 Å². The number of allylic oxidation sites excluding steroid dienone is 1. The van der Waals surface area contributed by atoms with Crippen LogP contribution in [0.2, 0.25) is 5.02 Å². The molecule has 0 amide bonds. The zero-order chi connectivity index (χ0) is 21.5. The molecule has 3 aromatic rings. The Balaban J connectivity index is 1.96. The summed E-state index contributed by atoms with van der Waals surface area (Å²) in [6, 6.07) is 13.3. The molecule has 0 N–H and O–H groups in total. The first kappa shape index (κ1) is 21.7. The third-order valence-electron chi connectivity index (χ3n) is 4.24. The third-order valence-corrected chi connectivity index (χ3v) is 5.37. The highest BCUT2D eigenvalue weighted by molar-refractivity contribution is 7.11. The minimum Gasteiger partial charge on any atom is -0.493 e. The normalized spacial score (nSPS) is 11.1. The van der Waals surface area contributed by atoms with Gasteiger partial charge in [-0.3, -0.25) is 0 Å². The van der Waals surface area contributed by atoms with E-state index >= 15 is 0 Å². The SMILES string of the molecule is CCCOc1c(OC)cc(/C=C(/C#N)c2nc(-c3ccc(Cl)cc3)cs2)cc1OC. The van der Waals surface area contributed by atoms with Crippen molar-refractivity contribution in [2.75, 3.05) is 20.8 Å². The Morgan fingerprint density at radius 1 is 1.17 bits per heavy atom. The Morgan fingerprint density at radius 2 is 1.83 bits per heavy atom. The summed E-state index contributed by atoms with van der Waals surface area (Å²) in [6.45, 7) is 2.58. The summed E-state index contributed by atoms with van der Waals surface area (Å²) in [6.07, 6.45) is 2.63. The molecule has 0 radical (unpaired) electrons. The van der Waals surface area contributed by atoms with Crippen LogP contribution in [0.15, 0.2) is 41.8 Å². The van der Waals surface area contributed by atoms with E-state index in [0.29, 0.717) is 39.5 Å². The Labute approximate surface area is 185 Å².